The van der Waals surface area contributed by atoms with E-state index in [1.54, 1.807) is 35.2 Å². The molecule has 5 rings (SSSR count). The molecule has 2 heterocycles. The van der Waals surface area contributed by atoms with Gasteiger partial charge in [0, 0.05) is 49.4 Å². The zero-order valence-corrected chi connectivity index (χ0v) is 23.8. The molecule has 214 valence electrons. The van der Waals surface area contributed by atoms with Crippen molar-refractivity contribution in [1.82, 2.24) is 15.5 Å². The van der Waals surface area contributed by atoms with Crippen LogP contribution in [0.3, 0.4) is 0 Å². The Morgan fingerprint density at radius 1 is 0.902 bits per heavy atom. The van der Waals surface area contributed by atoms with Crippen molar-refractivity contribution >= 4 is 23.3 Å². The first-order chi connectivity index (χ1) is 20.0. The second-order valence-corrected chi connectivity index (χ2v) is 10.5. The molecular formula is C33H38N4O4. The summed E-state index contributed by atoms with van der Waals surface area (Å²) in [5.74, 6) is 0.463. The van der Waals surface area contributed by atoms with E-state index >= 15 is 0 Å². The summed E-state index contributed by atoms with van der Waals surface area (Å²) in [6, 6.07) is 22.4. The molecule has 8 nitrogen and oxygen atoms in total. The highest BCUT2D eigenvalue weighted by atomic mass is 16.5. The standard InChI is InChI=1S/C33H38N4O4/c1-3-36(4-2)31(39)26-15-13-25(14-16-26)30(38)27-10-6-8-12-29(27)41-22-17-24-9-5-7-11-28(24)37-20-18-33(19-21-37)32(40)34-23-35-33/h5-16,35H,3-4,17-23H2,1-2H3,(H,34,40). The minimum absolute atomic E-state index is 0.0391. The summed E-state index contributed by atoms with van der Waals surface area (Å²) in [5, 5.41) is 6.26. The topological polar surface area (TPSA) is 91.0 Å². The lowest BCUT2D eigenvalue weighted by molar-refractivity contribution is -0.124. The summed E-state index contributed by atoms with van der Waals surface area (Å²) >= 11 is 0. The molecule has 2 saturated heterocycles. The molecule has 2 aliphatic rings. The van der Waals surface area contributed by atoms with Gasteiger partial charge in [-0.15, -0.1) is 0 Å². The van der Waals surface area contributed by atoms with Crippen LogP contribution in [0.15, 0.2) is 72.8 Å². The predicted octanol–water partition coefficient (Wildman–Crippen LogP) is 4.04. The summed E-state index contributed by atoms with van der Waals surface area (Å²) in [5.41, 5.74) is 3.47. The Morgan fingerprint density at radius 3 is 2.24 bits per heavy atom. The number of ketones is 1. The van der Waals surface area contributed by atoms with Gasteiger partial charge in [-0.1, -0.05) is 42.5 Å². The van der Waals surface area contributed by atoms with Crippen LogP contribution in [-0.2, 0) is 11.2 Å². The Bertz CT molecular complexity index is 1390. The second-order valence-electron chi connectivity index (χ2n) is 10.5. The Kier molecular flexibility index (Phi) is 8.69. The second kappa shape index (κ2) is 12.6. The molecule has 0 radical (unpaired) electrons. The van der Waals surface area contributed by atoms with Crippen LogP contribution in [0.25, 0.3) is 0 Å². The maximum Gasteiger partial charge on any atom is 0.253 e. The van der Waals surface area contributed by atoms with Crippen molar-refractivity contribution in [2.75, 3.05) is 44.4 Å². The maximum absolute atomic E-state index is 13.4. The number of hydrogen-bond acceptors (Lipinski definition) is 6. The van der Waals surface area contributed by atoms with Gasteiger partial charge in [0.25, 0.3) is 5.91 Å². The third-order valence-corrected chi connectivity index (χ3v) is 8.27. The highest BCUT2D eigenvalue weighted by Crippen LogP contribution is 2.31. The third-order valence-electron chi connectivity index (χ3n) is 8.27. The molecular weight excluding hydrogens is 516 g/mol. The Hall–Kier alpha value is -4.17. The SMILES string of the molecule is CCN(CC)C(=O)c1ccc(C(=O)c2ccccc2OCCc2ccccc2N2CCC3(CC2)NCNC3=O)cc1. The molecule has 1 spiro atoms. The van der Waals surface area contributed by atoms with E-state index in [1.165, 1.54) is 5.56 Å². The molecule has 3 aromatic carbocycles. The lowest BCUT2D eigenvalue weighted by atomic mass is 9.87. The molecule has 2 amide bonds. The van der Waals surface area contributed by atoms with Crippen LogP contribution in [0, 0.1) is 0 Å². The van der Waals surface area contributed by atoms with Gasteiger partial charge in [0.1, 0.15) is 11.3 Å². The number of piperidine rings is 1. The minimum atomic E-state index is -0.438. The number of ether oxygens (including phenoxy) is 1. The lowest BCUT2D eigenvalue weighted by Gasteiger charge is -2.39. The van der Waals surface area contributed by atoms with Gasteiger partial charge in [0.15, 0.2) is 5.78 Å². The van der Waals surface area contributed by atoms with Gasteiger partial charge in [-0.25, -0.2) is 0 Å². The summed E-state index contributed by atoms with van der Waals surface area (Å²) in [6.07, 6.45) is 2.22. The fraction of sp³-hybridized carbons (Fsp3) is 0.364. The highest BCUT2D eigenvalue weighted by Gasteiger charge is 2.44. The molecule has 41 heavy (non-hydrogen) atoms. The van der Waals surface area contributed by atoms with E-state index in [-0.39, 0.29) is 17.6 Å². The van der Waals surface area contributed by atoms with Crippen LogP contribution in [0.1, 0.15) is 58.5 Å². The highest BCUT2D eigenvalue weighted by molar-refractivity contribution is 6.11. The van der Waals surface area contributed by atoms with E-state index in [1.807, 2.05) is 44.2 Å². The monoisotopic (exact) mass is 554 g/mol. The Balaban J connectivity index is 1.23. The summed E-state index contributed by atoms with van der Waals surface area (Å²) < 4.78 is 6.18. The summed E-state index contributed by atoms with van der Waals surface area (Å²) in [4.78, 5) is 42.5. The van der Waals surface area contributed by atoms with Crippen LogP contribution in [0.4, 0.5) is 5.69 Å². The average Bonchev–Trinajstić information content (AvgIpc) is 3.37. The minimum Gasteiger partial charge on any atom is -0.492 e. The van der Waals surface area contributed by atoms with Crippen LogP contribution in [0.5, 0.6) is 5.75 Å². The quantitative estimate of drug-likeness (QED) is 0.368. The van der Waals surface area contributed by atoms with Gasteiger partial charge in [0.05, 0.1) is 18.8 Å². The lowest BCUT2D eigenvalue weighted by Crippen LogP contribution is -2.54. The van der Waals surface area contributed by atoms with Crippen molar-refractivity contribution in [3.05, 3.63) is 95.1 Å². The van der Waals surface area contributed by atoms with Gasteiger partial charge >= 0.3 is 0 Å². The third kappa shape index (κ3) is 5.98. The van der Waals surface area contributed by atoms with Crippen molar-refractivity contribution < 1.29 is 19.1 Å². The first-order valence-corrected chi connectivity index (χ1v) is 14.5. The number of nitrogens with zero attached hydrogens (tertiary/aromatic N) is 2. The van der Waals surface area contributed by atoms with Crippen LogP contribution >= 0.6 is 0 Å². The number of para-hydroxylation sites is 2. The molecule has 2 N–H and O–H groups in total. The zero-order valence-electron chi connectivity index (χ0n) is 23.8. The molecule has 2 fully saturated rings. The zero-order chi connectivity index (χ0) is 28.8. The van der Waals surface area contributed by atoms with Crippen molar-refractivity contribution in [2.24, 2.45) is 0 Å². The smallest absolute Gasteiger partial charge is 0.253 e. The number of benzene rings is 3. The normalized spacial score (nSPS) is 16.0. The fourth-order valence-electron chi connectivity index (χ4n) is 5.77. The van der Waals surface area contributed by atoms with Gasteiger partial charge in [-0.05, 0) is 62.6 Å². The number of hydrogen-bond donors (Lipinski definition) is 2. The number of nitrogens with one attached hydrogen (secondary N) is 2. The largest absolute Gasteiger partial charge is 0.492 e. The molecule has 0 unspecified atom stereocenters. The van der Waals surface area contributed by atoms with E-state index in [2.05, 4.69) is 27.7 Å². The summed E-state index contributed by atoms with van der Waals surface area (Å²) in [7, 11) is 0. The molecule has 3 aromatic rings. The Labute approximate surface area is 241 Å². The maximum atomic E-state index is 13.4. The predicted molar refractivity (Wildman–Crippen MR) is 160 cm³/mol. The fourth-order valence-corrected chi connectivity index (χ4v) is 5.77. The van der Waals surface area contributed by atoms with E-state index in [9.17, 15) is 14.4 Å². The van der Waals surface area contributed by atoms with Gasteiger partial charge in [-0.2, -0.15) is 0 Å². The molecule has 2 aliphatic heterocycles. The number of rotatable bonds is 10. The van der Waals surface area contributed by atoms with E-state index in [0.29, 0.717) is 55.2 Å². The van der Waals surface area contributed by atoms with Crippen LogP contribution in [0.2, 0.25) is 0 Å². The van der Waals surface area contributed by atoms with Crippen LogP contribution in [-0.4, -0.2) is 67.5 Å². The van der Waals surface area contributed by atoms with E-state index in [0.717, 1.165) is 31.6 Å². The van der Waals surface area contributed by atoms with Crippen LogP contribution < -0.4 is 20.3 Å². The Morgan fingerprint density at radius 2 is 1.56 bits per heavy atom. The van der Waals surface area contributed by atoms with Gasteiger partial charge in [-0.3, -0.25) is 19.7 Å². The molecule has 8 heteroatoms. The van der Waals surface area contributed by atoms with Crippen molar-refractivity contribution in [1.29, 1.82) is 0 Å². The van der Waals surface area contributed by atoms with Crippen molar-refractivity contribution in [2.45, 2.75) is 38.6 Å². The van der Waals surface area contributed by atoms with Gasteiger partial charge in [0.2, 0.25) is 5.91 Å². The molecule has 0 atom stereocenters. The number of carbonyl (C=O) groups is 3. The summed E-state index contributed by atoms with van der Waals surface area (Å²) in [6.45, 7) is 7.74. The molecule has 0 bridgehead atoms. The van der Waals surface area contributed by atoms with E-state index in [4.69, 9.17) is 4.74 Å². The number of amides is 2. The van der Waals surface area contributed by atoms with E-state index < -0.39 is 5.54 Å². The molecule has 0 aromatic heterocycles. The van der Waals surface area contributed by atoms with Crippen molar-refractivity contribution in [3.63, 3.8) is 0 Å². The molecule has 0 aliphatic carbocycles. The number of carbonyl (C=O) groups excluding carboxylic acids is 3. The molecule has 0 saturated carbocycles. The average molecular weight is 555 g/mol. The van der Waals surface area contributed by atoms with Gasteiger partial charge < -0.3 is 19.9 Å². The first kappa shape index (κ1) is 28.4. The number of anilines is 1. The van der Waals surface area contributed by atoms with Crippen molar-refractivity contribution in [3.8, 4) is 5.75 Å². The first-order valence-electron chi connectivity index (χ1n) is 14.5.